The molecule has 1 spiro atoms. The summed E-state index contributed by atoms with van der Waals surface area (Å²) in [7, 11) is 2.01. The monoisotopic (exact) mass is 244 g/mol. The molecule has 0 aromatic heterocycles. The first kappa shape index (κ1) is 12.0. The van der Waals surface area contributed by atoms with E-state index in [-0.39, 0.29) is 0 Å². The van der Waals surface area contributed by atoms with E-state index in [2.05, 4.69) is 34.5 Å². The van der Waals surface area contributed by atoms with Crippen LogP contribution in [-0.4, -0.2) is 20.1 Å². The first-order valence-corrected chi connectivity index (χ1v) is 7.30. The molecule has 1 heterocycles. The molecule has 2 fully saturated rings. The minimum Gasteiger partial charge on any atom is -0.370 e. The fourth-order valence-corrected chi connectivity index (χ4v) is 3.63. The Bertz CT molecular complexity index is 399. The number of anilines is 1. The molecule has 1 aliphatic carbocycles. The van der Waals surface area contributed by atoms with Gasteiger partial charge in [0, 0.05) is 30.7 Å². The van der Waals surface area contributed by atoms with Gasteiger partial charge in [-0.1, -0.05) is 31.4 Å². The molecule has 2 nitrogen and oxygen atoms in total. The van der Waals surface area contributed by atoms with Crippen molar-refractivity contribution in [3.05, 3.63) is 29.8 Å². The fourth-order valence-electron chi connectivity index (χ4n) is 3.63. The van der Waals surface area contributed by atoms with Crippen molar-refractivity contribution in [2.24, 2.45) is 5.41 Å². The third kappa shape index (κ3) is 2.26. The standard InChI is InChI=1S/C16H24N2/c1-17-11-14-6-5-7-15(10-14)18-12-16(13-18)8-3-2-4-9-16/h5-7,10,17H,2-4,8-9,11-13H2,1H3. The van der Waals surface area contributed by atoms with Crippen LogP contribution in [0.5, 0.6) is 0 Å². The molecular weight excluding hydrogens is 220 g/mol. The van der Waals surface area contributed by atoms with E-state index in [1.807, 2.05) is 7.05 Å². The van der Waals surface area contributed by atoms with Crippen molar-refractivity contribution in [1.29, 1.82) is 0 Å². The van der Waals surface area contributed by atoms with Crippen LogP contribution in [0.25, 0.3) is 0 Å². The molecular formula is C16H24N2. The third-order valence-electron chi connectivity index (χ3n) is 4.62. The highest BCUT2D eigenvalue weighted by molar-refractivity contribution is 5.51. The molecule has 0 atom stereocenters. The molecule has 2 heteroatoms. The first-order chi connectivity index (χ1) is 8.81. The van der Waals surface area contributed by atoms with Crippen LogP contribution in [0.3, 0.4) is 0 Å². The summed E-state index contributed by atoms with van der Waals surface area (Å²) in [5, 5.41) is 3.22. The normalized spacial score (nSPS) is 21.9. The van der Waals surface area contributed by atoms with Crippen molar-refractivity contribution in [2.75, 3.05) is 25.0 Å². The number of benzene rings is 1. The summed E-state index contributed by atoms with van der Waals surface area (Å²) in [6.07, 6.45) is 7.28. The van der Waals surface area contributed by atoms with Crippen molar-refractivity contribution in [1.82, 2.24) is 5.32 Å². The molecule has 1 aliphatic heterocycles. The summed E-state index contributed by atoms with van der Waals surface area (Å²) in [5.41, 5.74) is 3.48. The molecule has 0 amide bonds. The first-order valence-electron chi connectivity index (χ1n) is 7.30. The third-order valence-corrected chi connectivity index (χ3v) is 4.62. The Balaban J connectivity index is 1.65. The molecule has 1 saturated carbocycles. The highest BCUT2D eigenvalue weighted by Crippen LogP contribution is 2.45. The second kappa shape index (κ2) is 4.93. The van der Waals surface area contributed by atoms with Crippen molar-refractivity contribution in [2.45, 2.75) is 38.6 Å². The zero-order valence-electron chi connectivity index (χ0n) is 11.4. The van der Waals surface area contributed by atoms with Gasteiger partial charge in [-0.3, -0.25) is 0 Å². The van der Waals surface area contributed by atoms with Gasteiger partial charge in [-0.05, 0) is 37.6 Å². The summed E-state index contributed by atoms with van der Waals surface area (Å²) in [6, 6.07) is 8.99. The van der Waals surface area contributed by atoms with Gasteiger partial charge in [-0.2, -0.15) is 0 Å². The van der Waals surface area contributed by atoms with Gasteiger partial charge in [0.1, 0.15) is 0 Å². The maximum absolute atomic E-state index is 3.22. The predicted octanol–water partition coefficient (Wildman–Crippen LogP) is 3.18. The van der Waals surface area contributed by atoms with Crippen molar-refractivity contribution in [3.8, 4) is 0 Å². The highest BCUT2D eigenvalue weighted by atomic mass is 15.2. The van der Waals surface area contributed by atoms with Crippen LogP contribution in [0.1, 0.15) is 37.7 Å². The minimum atomic E-state index is 0.678. The summed E-state index contributed by atoms with van der Waals surface area (Å²) in [5.74, 6) is 0. The summed E-state index contributed by atoms with van der Waals surface area (Å²) >= 11 is 0. The maximum atomic E-state index is 3.22. The van der Waals surface area contributed by atoms with Gasteiger partial charge in [0.2, 0.25) is 0 Å². The molecule has 18 heavy (non-hydrogen) atoms. The molecule has 0 bridgehead atoms. The Kier molecular flexibility index (Phi) is 3.29. The fraction of sp³-hybridized carbons (Fsp3) is 0.625. The van der Waals surface area contributed by atoms with Gasteiger partial charge in [0.25, 0.3) is 0 Å². The van der Waals surface area contributed by atoms with Gasteiger partial charge in [0.05, 0.1) is 0 Å². The zero-order chi connectivity index (χ0) is 12.4. The molecule has 1 saturated heterocycles. The number of nitrogens with zero attached hydrogens (tertiary/aromatic N) is 1. The molecule has 0 unspecified atom stereocenters. The minimum absolute atomic E-state index is 0.678. The Hall–Kier alpha value is -1.02. The number of nitrogens with one attached hydrogen (secondary N) is 1. The number of rotatable bonds is 3. The van der Waals surface area contributed by atoms with E-state index in [1.54, 1.807) is 0 Å². The molecule has 1 aromatic carbocycles. The molecule has 98 valence electrons. The van der Waals surface area contributed by atoms with Crippen LogP contribution < -0.4 is 10.2 Å². The molecule has 1 aromatic rings. The average Bonchev–Trinajstić information content (AvgIpc) is 2.38. The van der Waals surface area contributed by atoms with E-state index in [1.165, 1.54) is 56.4 Å². The average molecular weight is 244 g/mol. The maximum Gasteiger partial charge on any atom is 0.0369 e. The Morgan fingerprint density at radius 3 is 2.67 bits per heavy atom. The van der Waals surface area contributed by atoms with Gasteiger partial charge in [0.15, 0.2) is 0 Å². The van der Waals surface area contributed by atoms with Crippen molar-refractivity contribution in [3.63, 3.8) is 0 Å². The topological polar surface area (TPSA) is 15.3 Å². The highest BCUT2D eigenvalue weighted by Gasteiger charge is 2.43. The lowest BCUT2D eigenvalue weighted by atomic mass is 9.68. The van der Waals surface area contributed by atoms with Crippen LogP contribution in [-0.2, 0) is 6.54 Å². The van der Waals surface area contributed by atoms with Crippen molar-refractivity contribution < 1.29 is 0 Å². The molecule has 1 N–H and O–H groups in total. The van der Waals surface area contributed by atoms with E-state index in [0.717, 1.165) is 6.54 Å². The Labute approximate surface area is 110 Å². The largest absolute Gasteiger partial charge is 0.370 e. The lowest BCUT2D eigenvalue weighted by Gasteiger charge is -2.53. The van der Waals surface area contributed by atoms with Gasteiger partial charge in [-0.15, -0.1) is 0 Å². The second-order valence-corrected chi connectivity index (χ2v) is 6.12. The number of hydrogen-bond donors (Lipinski definition) is 1. The zero-order valence-corrected chi connectivity index (χ0v) is 11.4. The van der Waals surface area contributed by atoms with E-state index >= 15 is 0 Å². The lowest BCUT2D eigenvalue weighted by Crippen LogP contribution is -2.57. The Morgan fingerprint density at radius 2 is 1.94 bits per heavy atom. The lowest BCUT2D eigenvalue weighted by molar-refractivity contribution is 0.139. The van der Waals surface area contributed by atoms with Crippen LogP contribution >= 0.6 is 0 Å². The Morgan fingerprint density at radius 1 is 1.17 bits per heavy atom. The summed E-state index contributed by atoms with van der Waals surface area (Å²) in [4.78, 5) is 2.56. The summed E-state index contributed by atoms with van der Waals surface area (Å²) in [6.45, 7) is 3.54. The van der Waals surface area contributed by atoms with Gasteiger partial charge in [-0.25, -0.2) is 0 Å². The smallest absolute Gasteiger partial charge is 0.0369 e. The SMILES string of the molecule is CNCc1cccc(N2CC3(CCCCC3)C2)c1. The van der Waals surface area contributed by atoms with E-state index in [0.29, 0.717) is 5.41 Å². The van der Waals surface area contributed by atoms with Gasteiger partial charge < -0.3 is 10.2 Å². The van der Waals surface area contributed by atoms with E-state index in [4.69, 9.17) is 0 Å². The predicted molar refractivity (Wildman–Crippen MR) is 76.9 cm³/mol. The summed E-state index contributed by atoms with van der Waals surface area (Å²) < 4.78 is 0. The van der Waals surface area contributed by atoms with Crippen LogP contribution in [0.15, 0.2) is 24.3 Å². The second-order valence-electron chi connectivity index (χ2n) is 6.12. The number of hydrogen-bond acceptors (Lipinski definition) is 2. The van der Waals surface area contributed by atoms with Crippen LogP contribution in [0, 0.1) is 5.41 Å². The van der Waals surface area contributed by atoms with Gasteiger partial charge >= 0.3 is 0 Å². The van der Waals surface area contributed by atoms with Crippen LogP contribution in [0.2, 0.25) is 0 Å². The molecule has 0 radical (unpaired) electrons. The quantitative estimate of drug-likeness (QED) is 0.878. The van der Waals surface area contributed by atoms with E-state index in [9.17, 15) is 0 Å². The van der Waals surface area contributed by atoms with Crippen molar-refractivity contribution >= 4 is 5.69 Å². The van der Waals surface area contributed by atoms with Crippen LogP contribution in [0.4, 0.5) is 5.69 Å². The van der Waals surface area contributed by atoms with E-state index < -0.39 is 0 Å². The molecule has 2 aliphatic rings. The molecule has 3 rings (SSSR count).